The van der Waals surface area contributed by atoms with Gasteiger partial charge in [0.05, 0.1) is 11.2 Å². The van der Waals surface area contributed by atoms with Crippen LogP contribution in [-0.4, -0.2) is 85.2 Å². The Bertz CT molecular complexity index is 1930. The van der Waals surface area contributed by atoms with Crippen LogP contribution in [0.3, 0.4) is 0 Å². The van der Waals surface area contributed by atoms with Crippen molar-refractivity contribution >= 4 is 34.1 Å². The van der Waals surface area contributed by atoms with Crippen LogP contribution in [0.4, 0.5) is 14.5 Å². The maximum Gasteiger partial charge on any atom is 0.333 e. The molecule has 230 valence electrons. The molecule has 2 aromatic carbocycles. The zero-order valence-electron chi connectivity index (χ0n) is 25.0. The van der Waals surface area contributed by atoms with Gasteiger partial charge in [-0.25, -0.2) is 0 Å². The number of hydrogen-bond acceptors (Lipinski definition) is 7. The molecule has 12 heteroatoms. The van der Waals surface area contributed by atoms with Gasteiger partial charge in [0.25, 0.3) is 0 Å². The van der Waals surface area contributed by atoms with Gasteiger partial charge in [-0.3, -0.25) is 19.5 Å². The summed E-state index contributed by atoms with van der Waals surface area (Å²) >= 11 is 0. The van der Waals surface area contributed by atoms with Gasteiger partial charge in [-0.2, -0.15) is 18.4 Å². The van der Waals surface area contributed by atoms with Crippen molar-refractivity contribution < 1.29 is 18.4 Å². The Morgan fingerprint density at radius 3 is 2.58 bits per heavy atom. The number of pyridine rings is 1. The van der Waals surface area contributed by atoms with Gasteiger partial charge < -0.3 is 9.80 Å². The van der Waals surface area contributed by atoms with E-state index in [1.54, 1.807) is 47.5 Å². The molecule has 7 rings (SSSR count). The van der Waals surface area contributed by atoms with Gasteiger partial charge in [0.2, 0.25) is 17.6 Å². The van der Waals surface area contributed by atoms with E-state index in [0.717, 1.165) is 23.2 Å². The van der Waals surface area contributed by atoms with Gasteiger partial charge in [-0.05, 0) is 68.3 Å². The van der Waals surface area contributed by atoms with Crippen LogP contribution < -0.4 is 4.90 Å². The summed E-state index contributed by atoms with van der Waals surface area (Å²) in [6, 6.07) is 17.0. The first-order valence-electron chi connectivity index (χ1n) is 15.1. The quantitative estimate of drug-likeness (QED) is 0.283. The lowest BCUT2D eigenvalue weighted by atomic mass is 9.97. The molecule has 2 amide bonds. The van der Waals surface area contributed by atoms with Gasteiger partial charge in [0.15, 0.2) is 5.65 Å². The van der Waals surface area contributed by atoms with Gasteiger partial charge in [0, 0.05) is 67.0 Å². The number of carbonyl (C=O) groups excluding carboxylic acids is 2. The molecule has 0 N–H and O–H groups in total. The first kappa shape index (κ1) is 28.9. The predicted molar refractivity (Wildman–Crippen MR) is 165 cm³/mol. The van der Waals surface area contributed by atoms with Crippen molar-refractivity contribution in [2.75, 3.05) is 37.6 Å². The topological polar surface area (TPSA) is 99.8 Å². The van der Waals surface area contributed by atoms with E-state index in [1.165, 1.54) is 12.1 Å². The zero-order valence-corrected chi connectivity index (χ0v) is 25.0. The van der Waals surface area contributed by atoms with Gasteiger partial charge >= 0.3 is 5.92 Å². The van der Waals surface area contributed by atoms with Crippen LogP contribution >= 0.6 is 0 Å². The molecule has 0 saturated carbocycles. The van der Waals surface area contributed by atoms with E-state index in [1.807, 2.05) is 17.0 Å². The molecule has 10 nitrogen and oxygen atoms in total. The maximum atomic E-state index is 15.9. The molecule has 0 atom stereocenters. The van der Waals surface area contributed by atoms with Crippen molar-refractivity contribution in [3.8, 4) is 11.3 Å². The van der Waals surface area contributed by atoms with Crippen LogP contribution in [0.25, 0.3) is 27.8 Å². The maximum absolute atomic E-state index is 15.9. The third-order valence-electron chi connectivity index (χ3n) is 8.78. The van der Waals surface area contributed by atoms with Crippen molar-refractivity contribution in [1.82, 2.24) is 34.6 Å². The number of alkyl halides is 2. The third-order valence-corrected chi connectivity index (χ3v) is 8.78. The molecule has 0 radical (unpaired) electrons. The number of piperazine rings is 1. The van der Waals surface area contributed by atoms with E-state index < -0.39 is 11.7 Å². The molecule has 5 aromatic rings. The first-order chi connectivity index (χ1) is 21.7. The van der Waals surface area contributed by atoms with Crippen LogP contribution in [0.1, 0.15) is 37.2 Å². The molecule has 2 aliphatic rings. The number of carbonyl (C=O) groups is 2. The van der Waals surface area contributed by atoms with E-state index >= 15 is 8.78 Å². The van der Waals surface area contributed by atoms with E-state index in [-0.39, 0.29) is 36.0 Å². The minimum absolute atomic E-state index is 0.0128. The molecular weight excluding hydrogens is 578 g/mol. The van der Waals surface area contributed by atoms with Crippen LogP contribution in [0, 0.1) is 0 Å². The second-order valence-corrected chi connectivity index (χ2v) is 11.8. The summed E-state index contributed by atoms with van der Waals surface area (Å²) in [6.45, 7) is 7.19. The van der Waals surface area contributed by atoms with Crippen LogP contribution in [0.2, 0.25) is 0 Å². The van der Waals surface area contributed by atoms with Crippen molar-refractivity contribution in [3.63, 3.8) is 0 Å². The number of nitrogens with zero attached hydrogens (tertiary/aromatic N) is 8. The van der Waals surface area contributed by atoms with E-state index in [9.17, 15) is 9.59 Å². The Morgan fingerprint density at radius 1 is 0.956 bits per heavy atom. The number of hydrogen-bond donors (Lipinski definition) is 0. The third kappa shape index (κ3) is 5.28. The van der Waals surface area contributed by atoms with Crippen LogP contribution in [-0.2, 0) is 21.9 Å². The number of anilines is 1. The first-order valence-corrected chi connectivity index (χ1v) is 15.1. The van der Waals surface area contributed by atoms with Gasteiger partial charge in [-0.15, -0.1) is 10.2 Å². The Morgan fingerprint density at radius 2 is 1.78 bits per heavy atom. The molecule has 0 unspecified atom stereocenters. The monoisotopic (exact) mass is 610 g/mol. The van der Waals surface area contributed by atoms with E-state index in [4.69, 9.17) is 0 Å². The Hall–Kier alpha value is -4.84. The summed E-state index contributed by atoms with van der Waals surface area (Å²) in [5, 5.41) is 12.9. The number of halogens is 2. The highest BCUT2D eigenvalue weighted by Gasteiger charge is 2.40. The Kier molecular flexibility index (Phi) is 7.23. The largest absolute Gasteiger partial charge is 0.339 e. The molecule has 2 aliphatic heterocycles. The lowest BCUT2D eigenvalue weighted by Gasteiger charge is -2.38. The molecule has 1 fully saturated rings. The summed E-state index contributed by atoms with van der Waals surface area (Å²) in [7, 11) is 0. The number of benzene rings is 2. The second kappa shape index (κ2) is 11.3. The van der Waals surface area contributed by atoms with Crippen molar-refractivity contribution in [2.24, 2.45) is 0 Å². The Balaban J connectivity index is 1.15. The fourth-order valence-corrected chi connectivity index (χ4v) is 6.15. The number of aromatic nitrogens is 5. The highest BCUT2D eigenvalue weighted by Crippen LogP contribution is 2.36. The van der Waals surface area contributed by atoms with E-state index in [2.05, 4.69) is 39.0 Å². The number of aryl methyl sites for hydroxylation is 1. The molecule has 0 bridgehead atoms. The van der Waals surface area contributed by atoms with Crippen LogP contribution in [0.5, 0.6) is 0 Å². The van der Waals surface area contributed by atoms with Gasteiger partial charge in [-0.1, -0.05) is 18.2 Å². The highest BCUT2D eigenvalue weighted by molar-refractivity contribution is 6.01. The summed E-state index contributed by atoms with van der Waals surface area (Å²) in [6.07, 6.45) is 2.40. The van der Waals surface area contributed by atoms with E-state index in [0.29, 0.717) is 53.4 Å². The lowest BCUT2D eigenvalue weighted by Crippen LogP contribution is -2.53. The highest BCUT2D eigenvalue weighted by atomic mass is 19.3. The summed E-state index contributed by atoms with van der Waals surface area (Å²) in [5.41, 5.74) is 3.30. The summed E-state index contributed by atoms with van der Waals surface area (Å²) in [4.78, 5) is 36.1. The zero-order chi connectivity index (χ0) is 31.3. The second-order valence-electron chi connectivity index (χ2n) is 11.8. The molecule has 1 saturated heterocycles. The average molecular weight is 611 g/mol. The van der Waals surface area contributed by atoms with Gasteiger partial charge in [0.1, 0.15) is 6.54 Å². The molecule has 0 spiro atoms. The summed E-state index contributed by atoms with van der Waals surface area (Å²) in [5.74, 6) is -4.23. The number of rotatable bonds is 6. The average Bonchev–Trinajstić information content (AvgIpc) is 3.50. The molecule has 45 heavy (non-hydrogen) atoms. The van der Waals surface area contributed by atoms with Crippen LogP contribution in [0.15, 0.2) is 66.9 Å². The molecular formula is C33H32F2N8O2. The smallest absolute Gasteiger partial charge is 0.333 e. The minimum Gasteiger partial charge on any atom is -0.339 e. The fourth-order valence-electron chi connectivity index (χ4n) is 6.15. The number of fused-ring (bicyclic) bond motifs is 3. The standard InChI is InChI=1S/C33H32F2N8O2/c1-21(2)40-14-16-41(17-15-40)31(45)20-42-28-10-5-23(18-24(28)6-12-30(42)44)27-9-11-29-37-38-32(43(29)39-27)33(34,35)25-7-8-26-22(19-25)4-3-13-36-26/h3-5,7-11,13,18-19,21H,6,12,14-17,20H2,1-2H3. The normalized spacial score (nSPS) is 16.2. The predicted octanol–water partition coefficient (Wildman–Crippen LogP) is 4.31. The fraction of sp³-hybridized carbons (Fsp3) is 0.333. The molecule has 3 aromatic heterocycles. The Labute approximate surface area is 258 Å². The minimum atomic E-state index is -3.47. The van der Waals surface area contributed by atoms with Crippen molar-refractivity contribution in [3.05, 3.63) is 83.8 Å². The SMILES string of the molecule is CC(C)N1CCN(C(=O)CN2C(=O)CCc3cc(-c4ccc5nnc(C(F)(F)c6ccc7ncccc7c6)n5n4)ccc32)CC1. The molecule has 0 aliphatic carbocycles. The lowest BCUT2D eigenvalue weighted by molar-refractivity contribution is -0.133. The number of amides is 2. The molecule has 5 heterocycles. The van der Waals surface area contributed by atoms with Crippen molar-refractivity contribution in [1.29, 1.82) is 0 Å². The van der Waals surface area contributed by atoms with Crippen molar-refractivity contribution in [2.45, 2.75) is 38.7 Å². The summed E-state index contributed by atoms with van der Waals surface area (Å²) < 4.78 is 32.8.